The van der Waals surface area contributed by atoms with Crippen molar-refractivity contribution in [1.29, 1.82) is 0 Å². The number of hydrogen-bond acceptors (Lipinski definition) is 3. The first-order valence-corrected chi connectivity index (χ1v) is 5.27. The van der Waals surface area contributed by atoms with Gasteiger partial charge in [-0.15, -0.1) is 0 Å². The van der Waals surface area contributed by atoms with Gasteiger partial charge in [0, 0.05) is 6.54 Å². The summed E-state index contributed by atoms with van der Waals surface area (Å²) in [4.78, 5) is 11.1. The fraction of sp³-hybridized carbons (Fsp3) is 0.308. The van der Waals surface area contributed by atoms with Crippen LogP contribution in [0.2, 0.25) is 0 Å². The zero-order chi connectivity index (χ0) is 11.8. The lowest BCUT2D eigenvalue weighted by atomic mass is 10.2. The van der Waals surface area contributed by atoms with Gasteiger partial charge in [-0.1, -0.05) is 42.5 Å². The first-order chi connectivity index (χ1) is 7.74. The Morgan fingerprint density at radius 3 is 2.75 bits per heavy atom. The van der Waals surface area contributed by atoms with Crippen LogP contribution < -0.4 is 5.32 Å². The smallest absolute Gasteiger partial charge is 0.322 e. The quantitative estimate of drug-likeness (QED) is 0.768. The standard InChI is InChI=1S/C13H17NO2/c1-11(13(15)16-2)14-10-6-9-12-7-4-3-5-8-12/h3-9,11,14H,10H2,1-2H3. The molecule has 0 radical (unpaired) electrons. The lowest BCUT2D eigenvalue weighted by molar-refractivity contribution is -0.142. The minimum atomic E-state index is -0.273. The molecule has 86 valence electrons. The van der Waals surface area contributed by atoms with Gasteiger partial charge < -0.3 is 10.1 Å². The summed E-state index contributed by atoms with van der Waals surface area (Å²) in [5.74, 6) is -0.242. The third-order valence-corrected chi connectivity index (χ3v) is 2.21. The molecule has 0 heterocycles. The van der Waals surface area contributed by atoms with Crippen molar-refractivity contribution in [1.82, 2.24) is 5.32 Å². The van der Waals surface area contributed by atoms with E-state index in [1.165, 1.54) is 7.11 Å². The minimum Gasteiger partial charge on any atom is -0.468 e. The summed E-state index contributed by atoms with van der Waals surface area (Å²) in [6, 6.07) is 9.74. The highest BCUT2D eigenvalue weighted by Gasteiger charge is 2.09. The highest BCUT2D eigenvalue weighted by atomic mass is 16.5. The molecule has 1 aromatic carbocycles. The summed E-state index contributed by atoms with van der Waals surface area (Å²) in [6.07, 6.45) is 3.99. The van der Waals surface area contributed by atoms with Gasteiger partial charge in [0.1, 0.15) is 6.04 Å². The normalized spacial score (nSPS) is 12.6. The van der Waals surface area contributed by atoms with E-state index in [0.29, 0.717) is 6.54 Å². The Morgan fingerprint density at radius 2 is 2.12 bits per heavy atom. The largest absolute Gasteiger partial charge is 0.468 e. The van der Waals surface area contributed by atoms with E-state index in [0.717, 1.165) is 5.56 Å². The fourth-order valence-corrected chi connectivity index (χ4v) is 1.26. The summed E-state index contributed by atoms with van der Waals surface area (Å²) in [5.41, 5.74) is 1.15. The van der Waals surface area contributed by atoms with Crippen molar-refractivity contribution in [2.75, 3.05) is 13.7 Å². The summed E-state index contributed by atoms with van der Waals surface area (Å²) in [5, 5.41) is 3.04. The van der Waals surface area contributed by atoms with Crippen molar-refractivity contribution < 1.29 is 9.53 Å². The summed E-state index contributed by atoms with van der Waals surface area (Å²) >= 11 is 0. The van der Waals surface area contributed by atoms with Gasteiger partial charge in [-0.25, -0.2) is 0 Å². The fourth-order valence-electron chi connectivity index (χ4n) is 1.26. The minimum absolute atomic E-state index is 0.242. The molecule has 0 aliphatic carbocycles. The van der Waals surface area contributed by atoms with E-state index >= 15 is 0 Å². The zero-order valence-electron chi connectivity index (χ0n) is 9.64. The second-order valence-electron chi connectivity index (χ2n) is 3.47. The van der Waals surface area contributed by atoms with Crippen molar-refractivity contribution >= 4 is 12.0 Å². The monoisotopic (exact) mass is 219 g/mol. The Hall–Kier alpha value is -1.61. The number of ether oxygens (including phenoxy) is 1. The van der Waals surface area contributed by atoms with Crippen molar-refractivity contribution in [2.24, 2.45) is 0 Å². The number of carbonyl (C=O) groups is 1. The van der Waals surface area contributed by atoms with E-state index in [9.17, 15) is 4.79 Å². The second-order valence-corrected chi connectivity index (χ2v) is 3.47. The maximum atomic E-state index is 11.1. The summed E-state index contributed by atoms with van der Waals surface area (Å²) in [6.45, 7) is 2.42. The Labute approximate surface area is 96.1 Å². The third kappa shape index (κ3) is 4.28. The Kier molecular flexibility index (Phi) is 5.29. The van der Waals surface area contributed by atoms with Gasteiger partial charge in [0.2, 0.25) is 0 Å². The van der Waals surface area contributed by atoms with E-state index < -0.39 is 0 Å². The predicted molar refractivity (Wildman–Crippen MR) is 65.0 cm³/mol. The molecule has 0 aromatic heterocycles. The number of carbonyl (C=O) groups excluding carboxylic acids is 1. The SMILES string of the molecule is COC(=O)C(C)NCC=Cc1ccccc1. The van der Waals surface area contributed by atoms with Crippen molar-refractivity contribution in [3.05, 3.63) is 42.0 Å². The topological polar surface area (TPSA) is 38.3 Å². The molecule has 0 aliphatic rings. The van der Waals surface area contributed by atoms with Gasteiger partial charge in [-0.3, -0.25) is 4.79 Å². The number of hydrogen-bond donors (Lipinski definition) is 1. The van der Waals surface area contributed by atoms with Gasteiger partial charge in [0.05, 0.1) is 7.11 Å². The maximum absolute atomic E-state index is 11.1. The van der Waals surface area contributed by atoms with Crippen LogP contribution >= 0.6 is 0 Å². The number of nitrogens with one attached hydrogen (secondary N) is 1. The van der Waals surface area contributed by atoms with Crippen molar-refractivity contribution in [2.45, 2.75) is 13.0 Å². The van der Waals surface area contributed by atoms with Crippen LogP contribution in [-0.2, 0) is 9.53 Å². The van der Waals surface area contributed by atoms with E-state index in [-0.39, 0.29) is 12.0 Å². The molecular formula is C13H17NO2. The van der Waals surface area contributed by atoms with Crippen LogP contribution in [0.25, 0.3) is 6.08 Å². The molecule has 0 fully saturated rings. The van der Waals surface area contributed by atoms with Crippen LogP contribution in [0.15, 0.2) is 36.4 Å². The molecule has 1 unspecified atom stereocenters. The van der Waals surface area contributed by atoms with Gasteiger partial charge in [0.15, 0.2) is 0 Å². The first-order valence-electron chi connectivity index (χ1n) is 5.27. The molecule has 1 atom stereocenters. The lowest BCUT2D eigenvalue weighted by Gasteiger charge is -2.08. The average Bonchev–Trinajstić information content (AvgIpc) is 2.34. The number of benzene rings is 1. The molecule has 3 heteroatoms. The second kappa shape index (κ2) is 6.80. The van der Waals surface area contributed by atoms with Gasteiger partial charge in [0.25, 0.3) is 0 Å². The maximum Gasteiger partial charge on any atom is 0.322 e. The molecule has 0 spiro atoms. The molecule has 16 heavy (non-hydrogen) atoms. The van der Waals surface area contributed by atoms with Crippen LogP contribution in [0.1, 0.15) is 12.5 Å². The molecule has 1 aromatic rings. The number of rotatable bonds is 5. The number of methoxy groups -OCH3 is 1. The predicted octanol–water partition coefficient (Wildman–Crippen LogP) is 1.85. The van der Waals surface area contributed by atoms with Crippen LogP contribution in [-0.4, -0.2) is 25.7 Å². The average molecular weight is 219 g/mol. The van der Waals surface area contributed by atoms with E-state index in [1.54, 1.807) is 6.92 Å². The highest BCUT2D eigenvalue weighted by Crippen LogP contribution is 2.00. The van der Waals surface area contributed by atoms with Crippen LogP contribution in [0, 0.1) is 0 Å². The molecule has 0 aliphatic heterocycles. The lowest BCUT2D eigenvalue weighted by Crippen LogP contribution is -2.34. The number of esters is 1. The van der Waals surface area contributed by atoms with Crippen molar-refractivity contribution in [3.8, 4) is 0 Å². The molecule has 1 N–H and O–H groups in total. The highest BCUT2D eigenvalue weighted by molar-refractivity contribution is 5.75. The van der Waals surface area contributed by atoms with Gasteiger partial charge >= 0.3 is 5.97 Å². The van der Waals surface area contributed by atoms with Crippen LogP contribution in [0.4, 0.5) is 0 Å². The van der Waals surface area contributed by atoms with Gasteiger partial charge in [-0.05, 0) is 12.5 Å². The van der Waals surface area contributed by atoms with E-state index in [2.05, 4.69) is 10.1 Å². The Balaban J connectivity index is 2.31. The van der Waals surface area contributed by atoms with Crippen LogP contribution in [0.5, 0.6) is 0 Å². The Bertz CT molecular complexity index is 346. The summed E-state index contributed by atoms with van der Waals surface area (Å²) < 4.78 is 4.60. The summed E-state index contributed by atoms with van der Waals surface area (Å²) in [7, 11) is 1.39. The van der Waals surface area contributed by atoms with Crippen molar-refractivity contribution in [3.63, 3.8) is 0 Å². The molecule has 0 saturated carbocycles. The molecular weight excluding hydrogens is 202 g/mol. The van der Waals surface area contributed by atoms with Crippen LogP contribution in [0.3, 0.4) is 0 Å². The molecule has 1 rings (SSSR count). The van der Waals surface area contributed by atoms with Gasteiger partial charge in [-0.2, -0.15) is 0 Å². The molecule has 3 nitrogen and oxygen atoms in total. The molecule has 0 saturated heterocycles. The Morgan fingerprint density at radius 1 is 1.44 bits per heavy atom. The van der Waals surface area contributed by atoms with E-state index in [1.807, 2.05) is 42.5 Å². The van der Waals surface area contributed by atoms with E-state index in [4.69, 9.17) is 0 Å². The molecule has 0 bridgehead atoms. The first kappa shape index (κ1) is 12.5. The molecule has 0 amide bonds. The third-order valence-electron chi connectivity index (χ3n) is 2.21. The zero-order valence-corrected chi connectivity index (χ0v) is 9.64.